The Labute approximate surface area is 111 Å². The predicted octanol–water partition coefficient (Wildman–Crippen LogP) is 4.03. The van der Waals surface area contributed by atoms with Crippen LogP contribution in [0.5, 0.6) is 5.75 Å². The molecule has 0 aliphatic rings. The van der Waals surface area contributed by atoms with Gasteiger partial charge in [0.2, 0.25) is 0 Å². The lowest BCUT2D eigenvalue weighted by atomic mass is 9.86. The van der Waals surface area contributed by atoms with Crippen LogP contribution in [-0.4, -0.2) is 17.8 Å². The first-order valence-electron chi connectivity index (χ1n) is 6.86. The van der Waals surface area contributed by atoms with Crippen LogP contribution >= 0.6 is 0 Å². The first kappa shape index (κ1) is 15.0. The molecule has 0 aliphatic carbocycles. The normalized spacial score (nSPS) is 13.3. The summed E-state index contributed by atoms with van der Waals surface area (Å²) < 4.78 is 5.62. The van der Waals surface area contributed by atoms with Crippen LogP contribution < -0.4 is 4.74 Å². The Balaban J connectivity index is 2.03. The fraction of sp³-hybridized carbons (Fsp3) is 0.625. The van der Waals surface area contributed by atoms with Crippen LogP contribution in [0.15, 0.2) is 30.3 Å². The van der Waals surface area contributed by atoms with Gasteiger partial charge < -0.3 is 9.84 Å². The minimum absolute atomic E-state index is 0.000534. The largest absolute Gasteiger partial charge is 0.494 e. The Morgan fingerprint density at radius 1 is 1.06 bits per heavy atom. The minimum atomic E-state index is -0.201. The highest BCUT2D eigenvalue weighted by Crippen LogP contribution is 2.23. The van der Waals surface area contributed by atoms with E-state index in [2.05, 4.69) is 20.8 Å². The van der Waals surface area contributed by atoms with Gasteiger partial charge >= 0.3 is 0 Å². The summed E-state index contributed by atoms with van der Waals surface area (Å²) in [6.45, 7) is 7.00. The fourth-order valence-electron chi connectivity index (χ4n) is 1.76. The van der Waals surface area contributed by atoms with Gasteiger partial charge in [0.15, 0.2) is 0 Å². The number of ether oxygens (including phenoxy) is 1. The highest BCUT2D eigenvalue weighted by Gasteiger charge is 2.20. The third kappa shape index (κ3) is 6.06. The molecule has 2 nitrogen and oxygen atoms in total. The summed E-state index contributed by atoms with van der Waals surface area (Å²) in [6.07, 6.45) is 3.91. The molecule has 0 saturated heterocycles. The van der Waals surface area contributed by atoms with E-state index in [0.29, 0.717) is 0 Å². The summed E-state index contributed by atoms with van der Waals surface area (Å²) in [5, 5.41) is 9.89. The number of unbranched alkanes of at least 4 members (excludes halogenated alkanes) is 2. The smallest absolute Gasteiger partial charge is 0.119 e. The van der Waals surface area contributed by atoms with Crippen molar-refractivity contribution in [2.45, 2.75) is 52.6 Å². The van der Waals surface area contributed by atoms with Gasteiger partial charge in [-0.05, 0) is 36.8 Å². The number of rotatable bonds is 7. The molecule has 2 heteroatoms. The Morgan fingerprint density at radius 3 is 2.33 bits per heavy atom. The van der Waals surface area contributed by atoms with Crippen LogP contribution in [0.3, 0.4) is 0 Å². The van der Waals surface area contributed by atoms with Crippen LogP contribution in [0.2, 0.25) is 0 Å². The zero-order valence-electron chi connectivity index (χ0n) is 11.9. The van der Waals surface area contributed by atoms with Crippen molar-refractivity contribution in [3.05, 3.63) is 30.3 Å². The third-order valence-electron chi connectivity index (χ3n) is 3.13. The van der Waals surface area contributed by atoms with E-state index in [9.17, 15) is 5.11 Å². The van der Waals surface area contributed by atoms with Crippen molar-refractivity contribution < 1.29 is 9.84 Å². The summed E-state index contributed by atoms with van der Waals surface area (Å²) in [5.41, 5.74) is 0.000534. The van der Waals surface area contributed by atoms with Crippen molar-refractivity contribution in [2.75, 3.05) is 6.61 Å². The quantitative estimate of drug-likeness (QED) is 0.740. The molecule has 102 valence electrons. The highest BCUT2D eigenvalue weighted by molar-refractivity contribution is 5.20. The molecule has 1 aromatic carbocycles. The van der Waals surface area contributed by atoms with Gasteiger partial charge in [-0.25, -0.2) is 0 Å². The lowest BCUT2D eigenvalue weighted by Crippen LogP contribution is -2.25. The molecule has 0 radical (unpaired) electrons. The van der Waals surface area contributed by atoms with Crippen LogP contribution in [0, 0.1) is 5.41 Å². The molecule has 1 rings (SSSR count). The van der Waals surface area contributed by atoms with Gasteiger partial charge in [-0.2, -0.15) is 0 Å². The summed E-state index contributed by atoms with van der Waals surface area (Å²) in [4.78, 5) is 0. The molecule has 0 amide bonds. The lowest BCUT2D eigenvalue weighted by molar-refractivity contribution is 0.0531. The Kier molecular flexibility index (Phi) is 6.20. The molecular weight excluding hydrogens is 224 g/mol. The van der Waals surface area contributed by atoms with E-state index >= 15 is 0 Å². The van der Waals surface area contributed by atoms with Crippen molar-refractivity contribution >= 4 is 0 Å². The first-order chi connectivity index (χ1) is 8.50. The van der Waals surface area contributed by atoms with Gasteiger partial charge in [-0.15, -0.1) is 0 Å². The second kappa shape index (κ2) is 7.42. The van der Waals surface area contributed by atoms with Gasteiger partial charge in [0, 0.05) is 0 Å². The maximum Gasteiger partial charge on any atom is 0.119 e. The Hall–Kier alpha value is -1.02. The zero-order chi connectivity index (χ0) is 13.4. The predicted molar refractivity (Wildman–Crippen MR) is 75.9 cm³/mol. The molecule has 1 aromatic rings. The Morgan fingerprint density at radius 2 is 1.72 bits per heavy atom. The van der Waals surface area contributed by atoms with Gasteiger partial charge in [0.05, 0.1) is 12.7 Å². The van der Waals surface area contributed by atoms with Crippen molar-refractivity contribution in [1.82, 2.24) is 0 Å². The van der Waals surface area contributed by atoms with Crippen LogP contribution in [0.25, 0.3) is 0 Å². The van der Waals surface area contributed by atoms with Gasteiger partial charge in [0.25, 0.3) is 0 Å². The van der Waals surface area contributed by atoms with Crippen molar-refractivity contribution in [3.8, 4) is 5.75 Å². The van der Waals surface area contributed by atoms with E-state index in [0.717, 1.165) is 38.0 Å². The number of hydrogen-bond donors (Lipinski definition) is 1. The highest BCUT2D eigenvalue weighted by atomic mass is 16.5. The molecule has 18 heavy (non-hydrogen) atoms. The molecule has 1 atom stereocenters. The minimum Gasteiger partial charge on any atom is -0.494 e. The second-order valence-corrected chi connectivity index (χ2v) is 5.89. The number of aliphatic hydroxyl groups excluding tert-OH is 1. The summed E-state index contributed by atoms with van der Waals surface area (Å²) in [6, 6.07) is 9.90. The molecular formula is C16H26O2. The number of para-hydroxylation sites is 1. The first-order valence-corrected chi connectivity index (χ1v) is 6.86. The van der Waals surface area contributed by atoms with E-state index < -0.39 is 0 Å². The summed E-state index contributed by atoms with van der Waals surface area (Å²) in [5.74, 6) is 0.937. The number of benzene rings is 1. The van der Waals surface area contributed by atoms with Crippen molar-refractivity contribution in [3.63, 3.8) is 0 Å². The second-order valence-electron chi connectivity index (χ2n) is 5.89. The lowest BCUT2D eigenvalue weighted by Gasteiger charge is -2.25. The fourth-order valence-corrected chi connectivity index (χ4v) is 1.76. The summed E-state index contributed by atoms with van der Waals surface area (Å²) >= 11 is 0. The molecule has 0 heterocycles. The van der Waals surface area contributed by atoms with Crippen molar-refractivity contribution in [2.24, 2.45) is 5.41 Å². The molecule has 0 saturated carbocycles. The average molecular weight is 250 g/mol. The standard InChI is InChI=1S/C16H26O2/c1-16(2,3)15(17)12-8-5-9-13-18-14-10-6-4-7-11-14/h4,6-7,10-11,15,17H,5,8-9,12-13H2,1-3H3. The molecule has 0 bridgehead atoms. The average Bonchev–Trinajstić information content (AvgIpc) is 2.33. The van der Waals surface area contributed by atoms with E-state index in [-0.39, 0.29) is 11.5 Å². The molecule has 0 aromatic heterocycles. The molecule has 0 fully saturated rings. The van der Waals surface area contributed by atoms with Crippen molar-refractivity contribution in [1.29, 1.82) is 0 Å². The van der Waals surface area contributed by atoms with E-state index in [4.69, 9.17) is 4.74 Å². The van der Waals surface area contributed by atoms with Crippen LogP contribution in [-0.2, 0) is 0 Å². The molecule has 1 unspecified atom stereocenters. The summed E-state index contributed by atoms with van der Waals surface area (Å²) in [7, 11) is 0. The maximum atomic E-state index is 9.89. The Bertz CT molecular complexity index is 314. The van der Waals surface area contributed by atoms with Crippen LogP contribution in [0.4, 0.5) is 0 Å². The maximum absolute atomic E-state index is 9.89. The van der Waals surface area contributed by atoms with Crippen LogP contribution in [0.1, 0.15) is 46.5 Å². The van der Waals surface area contributed by atoms with E-state index in [1.807, 2.05) is 30.3 Å². The molecule has 0 aliphatic heterocycles. The van der Waals surface area contributed by atoms with Gasteiger partial charge in [-0.3, -0.25) is 0 Å². The van der Waals surface area contributed by atoms with E-state index in [1.54, 1.807) is 0 Å². The number of aliphatic hydroxyl groups is 1. The molecule has 0 spiro atoms. The van der Waals surface area contributed by atoms with E-state index in [1.165, 1.54) is 0 Å². The van der Waals surface area contributed by atoms with Gasteiger partial charge in [0.1, 0.15) is 5.75 Å². The SMILES string of the molecule is CC(C)(C)C(O)CCCCCOc1ccccc1. The molecule has 1 N–H and O–H groups in total. The monoisotopic (exact) mass is 250 g/mol. The third-order valence-corrected chi connectivity index (χ3v) is 3.13. The topological polar surface area (TPSA) is 29.5 Å². The zero-order valence-corrected chi connectivity index (χ0v) is 11.9. The number of hydrogen-bond acceptors (Lipinski definition) is 2. The van der Waals surface area contributed by atoms with Gasteiger partial charge in [-0.1, -0.05) is 45.4 Å².